The number of benzene rings is 2. The molecular weight excluding hydrogens is 380 g/mol. The summed E-state index contributed by atoms with van der Waals surface area (Å²) in [7, 11) is 1.60. The molecule has 0 bridgehead atoms. The quantitative estimate of drug-likeness (QED) is 0.369. The molecule has 0 radical (unpaired) electrons. The van der Waals surface area contributed by atoms with Gasteiger partial charge in [-0.1, -0.05) is 17.8 Å². The third-order valence-electron chi connectivity index (χ3n) is 3.97. The molecule has 9 heteroatoms. The van der Waals surface area contributed by atoms with Crippen LogP contribution >= 0.6 is 11.8 Å². The minimum Gasteiger partial charge on any atom is -0.497 e. The molecule has 0 fully saturated rings. The normalized spacial score (nSPS) is 10.5. The Balaban J connectivity index is 1.66. The molecular formula is C19H18N4O4S. The summed E-state index contributed by atoms with van der Waals surface area (Å²) in [5, 5.41) is 14.3. The highest BCUT2D eigenvalue weighted by molar-refractivity contribution is 7.99. The van der Waals surface area contributed by atoms with Crippen LogP contribution in [-0.2, 0) is 4.79 Å². The number of rotatable bonds is 7. The highest BCUT2D eigenvalue weighted by atomic mass is 32.2. The highest BCUT2D eigenvalue weighted by Crippen LogP contribution is 2.24. The van der Waals surface area contributed by atoms with E-state index >= 15 is 0 Å². The number of nitro groups is 1. The lowest BCUT2D eigenvalue weighted by molar-refractivity contribution is -0.384. The monoisotopic (exact) mass is 398 g/mol. The van der Waals surface area contributed by atoms with Crippen LogP contribution in [0.3, 0.4) is 0 Å². The average Bonchev–Trinajstić information content (AvgIpc) is 3.16. The smallest absolute Gasteiger partial charge is 0.269 e. The minimum absolute atomic E-state index is 0.00908. The van der Waals surface area contributed by atoms with Gasteiger partial charge in [-0.15, -0.1) is 0 Å². The van der Waals surface area contributed by atoms with Crippen LogP contribution in [-0.4, -0.2) is 33.2 Å². The predicted octanol–water partition coefficient (Wildman–Crippen LogP) is 3.83. The van der Waals surface area contributed by atoms with Gasteiger partial charge in [-0.3, -0.25) is 19.5 Å². The second-order valence-corrected chi connectivity index (χ2v) is 6.82. The molecule has 0 unspecified atom stereocenters. The topological polar surface area (TPSA) is 99.3 Å². The van der Waals surface area contributed by atoms with E-state index < -0.39 is 4.92 Å². The van der Waals surface area contributed by atoms with E-state index in [4.69, 9.17) is 4.74 Å². The third-order valence-corrected chi connectivity index (χ3v) is 4.93. The molecule has 0 spiro atoms. The second kappa shape index (κ2) is 8.57. The summed E-state index contributed by atoms with van der Waals surface area (Å²) in [5.41, 5.74) is 2.05. The summed E-state index contributed by atoms with van der Waals surface area (Å²) in [5.74, 6) is 0.660. The fourth-order valence-electron chi connectivity index (χ4n) is 2.57. The van der Waals surface area contributed by atoms with Crippen LogP contribution < -0.4 is 10.1 Å². The van der Waals surface area contributed by atoms with Gasteiger partial charge in [0.15, 0.2) is 5.16 Å². The van der Waals surface area contributed by atoms with Gasteiger partial charge in [0.2, 0.25) is 5.91 Å². The first kappa shape index (κ1) is 19.4. The lowest BCUT2D eigenvalue weighted by Crippen LogP contribution is -2.15. The number of ether oxygens (including phenoxy) is 1. The van der Waals surface area contributed by atoms with Gasteiger partial charge in [0, 0.05) is 36.3 Å². The molecule has 2 aromatic carbocycles. The number of nitrogens with zero attached hydrogens (tertiary/aromatic N) is 3. The first-order valence-electron chi connectivity index (χ1n) is 8.33. The lowest BCUT2D eigenvalue weighted by atomic mass is 10.2. The largest absolute Gasteiger partial charge is 0.497 e. The zero-order valence-electron chi connectivity index (χ0n) is 15.3. The van der Waals surface area contributed by atoms with Crippen molar-refractivity contribution < 1.29 is 14.5 Å². The first-order valence-corrected chi connectivity index (χ1v) is 9.32. The fraction of sp³-hybridized carbons (Fsp3) is 0.158. The van der Waals surface area contributed by atoms with Crippen molar-refractivity contribution in [1.82, 2.24) is 9.55 Å². The van der Waals surface area contributed by atoms with E-state index in [1.165, 1.54) is 30.0 Å². The van der Waals surface area contributed by atoms with Gasteiger partial charge in [0.1, 0.15) is 5.75 Å². The number of non-ortho nitro benzene ring substituents is 1. The van der Waals surface area contributed by atoms with E-state index in [1.807, 2.05) is 35.0 Å². The summed E-state index contributed by atoms with van der Waals surface area (Å²) < 4.78 is 7.12. The highest BCUT2D eigenvalue weighted by Gasteiger charge is 2.13. The zero-order valence-corrected chi connectivity index (χ0v) is 16.1. The van der Waals surface area contributed by atoms with Crippen molar-refractivity contribution in [2.45, 2.75) is 12.1 Å². The van der Waals surface area contributed by atoms with Crippen LogP contribution in [0.1, 0.15) is 5.56 Å². The van der Waals surface area contributed by atoms with E-state index in [9.17, 15) is 14.9 Å². The molecule has 3 rings (SSSR count). The number of hydrogen-bond donors (Lipinski definition) is 1. The number of methoxy groups -OCH3 is 1. The van der Waals surface area contributed by atoms with Crippen LogP contribution in [0.5, 0.6) is 5.75 Å². The van der Waals surface area contributed by atoms with E-state index in [2.05, 4.69) is 10.3 Å². The molecule has 1 heterocycles. The van der Waals surface area contributed by atoms with Gasteiger partial charge in [0.05, 0.1) is 23.5 Å². The van der Waals surface area contributed by atoms with Gasteiger partial charge >= 0.3 is 0 Å². The molecule has 3 aromatic rings. The number of anilines is 1. The van der Waals surface area contributed by atoms with Crippen molar-refractivity contribution in [2.24, 2.45) is 0 Å². The van der Waals surface area contributed by atoms with E-state index in [0.29, 0.717) is 16.4 Å². The maximum Gasteiger partial charge on any atom is 0.269 e. The summed E-state index contributed by atoms with van der Waals surface area (Å²) in [6.45, 7) is 1.71. The van der Waals surface area contributed by atoms with E-state index in [1.54, 1.807) is 20.2 Å². The molecule has 8 nitrogen and oxygen atoms in total. The molecule has 0 aliphatic rings. The van der Waals surface area contributed by atoms with Crippen LogP contribution in [0.15, 0.2) is 60.0 Å². The number of amides is 1. The number of carbonyl (C=O) groups excluding carboxylic acids is 1. The van der Waals surface area contributed by atoms with Crippen LogP contribution in [0.2, 0.25) is 0 Å². The van der Waals surface area contributed by atoms with Gasteiger partial charge < -0.3 is 10.1 Å². The SMILES string of the molecule is COc1cccc(-n2ccnc2SCC(=O)Nc2ccc([N+](=O)[O-])cc2C)c1. The number of aryl methyl sites for hydroxylation is 1. The van der Waals surface area contributed by atoms with Crippen LogP contribution in [0, 0.1) is 17.0 Å². The Morgan fingerprint density at radius 1 is 1.32 bits per heavy atom. The van der Waals surface area contributed by atoms with Crippen molar-refractivity contribution >= 4 is 29.0 Å². The van der Waals surface area contributed by atoms with Crippen LogP contribution in [0.25, 0.3) is 5.69 Å². The van der Waals surface area contributed by atoms with Crippen molar-refractivity contribution in [3.63, 3.8) is 0 Å². The molecule has 1 N–H and O–H groups in total. The van der Waals surface area contributed by atoms with Gasteiger partial charge in [0.25, 0.3) is 5.69 Å². The van der Waals surface area contributed by atoms with Crippen molar-refractivity contribution in [1.29, 1.82) is 0 Å². The number of carbonyl (C=O) groups is 1. The Hall–Kier alpha value is -3.33. The van der Waals surface area contributed by atoms with E-state index in [0.717, 1.165) is 11.4 Å². The van der Waals surface area contributed by atoms with Crippen molar-refractivity contribution in [2.75, 3.05) is 18.2 Å². The first-order chi connectivity index (χ1) is 13.5. The Morgan fingerprint density at radius 2 is 2.14 bits per heavy atom. The molecule has 0 aliphatic heterocycles. The molecule has 1 aromatic heterocycles. The van der Waals surface area contributed by atoms with Gasteiger partial charge in [-0.05, 0) is 30.7 Å². The predicted molar refractivity (Wildman–Crippen MR) is 107 cm³/mol. The number of nitro benzene ring substituents is 1. The maximum atomic E-state index is 12.3. The van der Waals surface area contributed by atoms with Gasteiger partial charge in [-0.2, -0.15) is 0 Å². The number of thioether (sulfide) groups is 1. The second-order valence-electron chi connectivity index (χ2n) is 5.87. The maximum absolute atomic E-state index is 12.3. The number of nitrogens with one attached hydrogen (secondary N) is 1. The molecule has 144 valence electrons. The Bertz CT molecular complexity index is 1020. The van der Waals surface area contributed by atoms with E-state index in [-0.39, 0.29) is 17.3 Å². The summed E-state index contributed by atoms with van der Waals surface area (Å²) in [6.07, 6.45) is 3.48. The lowest BCUT2D eigenvalue weighted by Gasteiger charge is -2.10. The Morgan fingerprint density at radius 3 is 2.86 bits per heavy atom. The number of aromatic nitrogens is 2. The minimum atomic E-state index is -0.465. The summed E-state index contributed by atoms with van der Waals surface area (Å²) >= 11 is 1.29. The zero-order chi connectivity index (χ0) is 20.1. The van der Waals surface area contributed by atoms with Crippen molar-refractivity contribution in [3.8, 4) is 11.4 Å². The molecule has 0 saturated carbocycles. The van der Waals surface area contributed by atoms with Crippen LogP contribution in [0.4, 0.5) is 11.4 Å². The molecule has 0 atom stereocenters. The number of imidazole rings is 1. The summed E-state index contributed by atoms with van der Waals surface area (Å²) in [4.78, 5) is 27.0. The number of hydrogen-bond acceptors (Lipinski definition) is 6. The van der Waals surface area contributed by atoms with Crippen molar-refractivity contribution in [3.05, 3.63) is 70.5 Å². The Kier molecular flexibility index (Phi) is 5.95. The fourth-order valence-corrected chi connectivity index (χ4v) is 3.34. The summed E-state index contributed by atoms with van der Waals surface area (Å²) in [6, 6.07) is 11.9. The molecule has 28 heavy (non-hydrogen) atoms. The molecule has 0 saturated heterocycles. The van der Waals surface area contributed by atoms with Gasteiger partial charge in [-0.25, -0.2) is 4.98 Å². The average molecular weight is 398 g/mol. The Labute approximate surface area is 165 Å². The molecule has 0 aliphatic carbocycles. The molecule has 1 amide bonds. The standard InChI is InChI=1S/C19H18N4O4S/c1-13-10-15(23(25)26)6-7-17(13)21-18(24)12-28-19-20-8-9-22(19)14-4-3-5-16(11-14)27-2/h3-11H,12H2,1-2H3,(H,21,24). The third kappa shape index (κ3) is 4.49.